The van der Waals surface area contributed by atoms with Gasteiger partial charge in [-0.3, -0.25) is 0 Å². The summed E-state index contributed by atoms with van der Waals surface area (Å²) in [6.45, 7) is 43.7. The van der Waals surface area contributed by atoms with Gasteiger partial charge in [0.25, 0.3) is 0 Å². The van der Waals surface area contributed by atoms with Crippen molar-refractivity contribution in [2.45, 2.75) is 274 Å². The van der Waals surface area contributed by atoms with Crippen LogP contribution in [0.4, 0.5) is 0 Å². The summed E-state index contributed by atoms with van der Waals surface area (Å²) in [4.78, 5) is 0. The molecule has 21 aliphatic heterocycles. The number of rotatable bonds is 0. The van der Waals surface area contributed by atoms with Crippen molar-refractivity contribution in [1.82, 2.24) is 0 Å². The molecule has 34 atom stereocenters. The highest BCUT2D eigenvalue weighted by atomic mass is 16.8. The number of hydrogen-bond donors (Lipinski definition) is 0. The summed E-state index contributed by atoms with van der Waals surface area (Å²) < 4.78 is 95.7. The Balaban J connectivity index is 1.01. The van der Waals surface area contributed by atoms with Crippen LogP contribution < -0.4 is 0 Å². The molecule has 14 nitrogen and oxygen atoms in total. The molecule has 0 radical (unpaired) electrons. The normalized spacial score (nSPS) is 59.3. The third-order valence-corrected chi connectivity index (χ3v) is 19.5. The summed E-state index contributed by atoms with van der Waals surface area (Å²) in [6, 6.07) is 0. The summed E-state index contributed by atoms with van der Waals surface area (Å²) in [7, 11) is 0. The van der Waals surface area contributed by atoms with E-state index in [0.29, 0.717) is 6.42 Å². The van der Waals surface area contributed by atoms with Crippen molar-refractivity contribution in [2.75, 3.05) is 0 Å². The first kappa shape index (κ1) is 54.7. The van der Waals surface area contributed by atoms with Gasteiger partial charge in [0, 0.05) is 41.9 Å². The largest absolute Gasteiger partial charge is 0.347 e. The third-order valence-electron chi connectivity index (χ3n) is 19.5. The maximum atomic E-state index is 6.97. The summed E-state index contributed by atoms with van der Waals surface area (Å²) in [5.41, 5.74) is 0. The van der Waals surface area contributed by atoms with E-state index < -0.39 is 37.7 Å². The van der Waals surface area contributed by atoms with Gasteiger partial charge in [-0.05, 0) is 89.9 Å². The molecule has 21 rings (SSSR count). The van der Waals surface area contributed by atoms with Crippen LogP contribution >= 0.6 is 0 Å². The van der Waals surface area contributed by atoms with Gasteiger partial charge >= 0.3 is 0 Å². The molecule has 21 heterocycles. The van der Waals surface area contributed by atoms with E-state index in [1.807, 2.05) is 0 Å². The van der Waals surface area contributed by atoms with Gasteiger partial charge in [0.05, 0.1) is 85.5 Å². The standard InChI is InChI=1S/C55H96O14/c1-22-21-42-56-35(14)43(22)64-50-30(9)24(3)45(37(16)58-50)66-52-32(11)26(5)47(39(18)60-52)68-54-34(13)28(7)49(41(20)62-54)69-55-33(12)27(6)48(40(19)61-55)67-53-31(10)25(4)46(38(17)59-53)65-51-29(8)23(2)44(63-42)36(15)57-51/h22-55H,21H2,1-20H3/t22-,23-,24-,25-,26-,27-,28-,29?,30?,31?,32?,33?,34?,35?,36?,37?,38?,39?,40?,41?,42-,43+,44+,45+,46+,47+,48+,49+,50+,51-,52+,53+,54+,55+/m1/s1. The van der Waals surface area contributed by atoms with E-state index in [9.17, 15) is 0 Å². The highest BCUT2D eigenvalue weighted by molar-refractivity contribution is 4.95. The molecule has 14 bridgehead atoms. The van der Waals surface area contributed by atoms with E-state index in [1.54, 1.807) is 0 Å². The van der Waals surface area contributed by atoms with E-state index in [2.05, 4.69) is 138 Å². The fraction of sp³-hybridized carbons (Fsp3) is 1.00. The Bertz CT molecular complexity index is 1650. The van der Waals surface area contributed by atoms with Crippen LogP contribution in [0.1, 0.15) is 145 Å². The zero-order valence-corrected chi connectivity index (χ0v) is 46.1. The molecule has 21 saturated heterocycles. The molecule has 400 valence electrons. The van der Waals surface area contributed by atoms with Gasteiger partial charge in [0.15, 0.2) is 44.0 Å². The number of hydrogen-bond acceptors (Lipinski definition) is 14. The third kappa shape index (κ3) is 10.8. The Hall–Kier alpha value is -0.560. The minimum Gasteiger partial charge on any atom is -0.347 e. The smallest absolute Gasteiger partial charge is 0.161 e. The number of ether oxygens (including phenoxy) is 14. The van der Waals surface area contributed by atoms with Gasteiger partial charge in [-0.15, -0.1) is 0 Å². The van der Waals surface area contributed by atoms with E-state index in [0.717, 1.165) is 0 Å². The van der Waals surface area contributed by atoms with Crippen molar-refractivity contribution >= 4 is 0 Å². The van der Waals surface area contributed by atoms with E-state index in [1.165, 1.54) is 0 Å². The molecule has 0 aliphatic carbocycles. The van der Waals surface area contributed by atoms with Crippen LogP contribution in [0.25, 0.3) is 0 Å². The van der Waals surface area contributed by atoms with Crippen LogP contribution in [-0.2, 0) is 66.3 Å². The first-order chi connectivity index (χ1) is 32.5. The minimum atomic E-state index is -0.418. The SMILES string of the molecule is CC1[C@@H]2OC(C)[C@@H](O[C@@H]3C[C@@H](C)[C@H](O[C@@H]4OC(C)[C@@H](O[C@@H]5OC(C)[C@@H](O[C@@H]6OC(C)[C@@H](O[C@@H]7OC(C)[C@@H](O[C@@H]8OC(C)[C@@H](O2)[C@H](C)C8C)[C@H](C)C7C)[C@H](C)C6C)[C@H](C)C5C)[C@H](C)C4C)C(C)O3)[C@@H]1C. The second kappa shape index (κ2) is 22.0. The van der Waals surface area contributed by atoms with Crippen molar-refractivity contribution in [3.63, 3.8) is 0 Å². The molecular formula is C55H96O14. The van der Waals surface area contributed by atoms with Crippen molar-refractivity contribution in [3.05, 3.63) is 0 Å². The summed E-state index contributed by atoms with van der Waals surface area (Å²) in [5.74, 6) is 1.40. The van der Waals surface area contributed by atoms with Gasteiger partial charge in [-0.1, -0.05) is 90.0 Å². The fourth-order valence-electron chi connectivity index (χ4n) is 13.4. The lowest BCUT2D eigenvalue weighted by atomic mass is 9.81. The Kier molecular flexibility index (Phi) is 17.4. The molecule has 0 spiro atoms. The van der Waals surface area contributed by atoms with Gasteiger partial charge in [0.1, 0.15) is 0 Å². The molecule has 13 unspecified atom stereocenters. The Morgan fingerprint density at radius 3 is 0.594 bits per heavy atom. The van der Waals surface area contributed by atoms with E-state index in [4.69, 9.17) is 66.3 Å². The molecule has 0 aromatic rings. The van der Waals surface area contributed by atoms with Crippen LogP contribution in [-0.4, -0.2) is 129 Å². The Labute approximate surface area is 416 Å². The molecule has 0 saturated carbocycles. The molecule has 69 heavy (non-hydrogen) atoms. The lowest BCUT2D eigenvalue weighted by Gasteiger charge is -2.51. The quantitative estimate of drug-likeness (QED) is 0.229. The lowest BCUT2D eigenvalue weighted by Crippen LogP contribution is -2.59. The maximum absolute atomic E-state index is 6.97. The van der Waals surface area contributed by atoms with Crippen LogP contribution in [0.2, 0.25) is 0 Å². The molecule has 0 aromatic carbocycles. The van der Waals surface area contributed by atoms with Gasteiger partial charge in [-0.25, -0.2) is 0 Å². The topological polar surface area (TPSA) is 129 Å². The fourth-order valence-corrected chi connectivity index (χ4v) is 13.4. The molecule has 0 aromatic heterocycles. The maximum Gasteiger partial charge on any atom is 0.161 e. The van der Waals surface area contributed by atoms with E-state index in [-0.39, 0.29) is 169 Å². The van der Waals surface area contributed by atoms with Gasteiger partial charge in [0.2, 0.25) is 0 Å². The van der Waals surface area contributed by atoms with Gasteiger partial charge in [-0.2, -0.15) is 0 Å². The molecule has 21 fully saturated rings. The first-order valence-corrected chi connectivity index (χ1v) is 27.6. The van der Waals surface area contributed by atoms with Crippen molar-refractivity contribution in [2.24, 2.45) is 76.9 Å². The molecule has 0 N–H and O–H groups in total. The zero-order valence-electron chi connectivity index (χ0n) is 46.1. The highest BCUT2D eigenvalue weighted by Crippen LogP contribution is 2.46. The van der Waals surface area contributed by atoms with E-state index >= 15 is 0 Å². The monoisotopic (exact) mass is 981 g/mol. The van der Waals surface area contributed by atoms with Crippen LogP contribution in [0, 0.1) is 76.9 Å². The van der Waals surface area contributed by atoms with Crippen LogP contribution in [0.15, 0.2) is 0 Å². The average molecular weight is 981 g/mol. The van der Waals surface area contributed by atoms with Crippen molar-refractivity contribution < 1.29 is 66.3 Å². The molecule has 14 heteroatoms. The summed E-state index contributed by atoms with van der Waals surface area (Å²) >= 11 is 0. The predicted octanol–water partition coefficient (Wildman–Crippen LogP) is 9.57. The summed E-state index contributed by atoms with van der Waals surface area (Å²) in [6.07, 6.45) is -4.92. The van der Waals surface area contributed by atoms with Crippen LogP contribution in [0.3, 0.4) is 0 Å². The Morgan fingerprint density at radius 1 is 0.188 bits per heavy atom. The van der Waals surface area contributed by atoms with Crippen molar-refractivity contribution in [3.8, 4) is 0 Å². The highest BCUT2D eigenvalue weighted by Gasteiger charge is 2.54. The Morgan fingerprint density at radius 2 is 0.377 bits per heavy atom. The molecular weight excluding hydrogens is 885 g/mol. The first-order valence-electron chi connectivity index (χ1n) is 27.6. The minimum absolute atomic E-state index is 0.0592. The van der Waals surface area contributed by atoms with Gasteiger partial charge < -0.3 is 66.3 Å². The van der Waals surface area contributed by atoms with Crippen molar-refractivity contribution in [1.29, 1.82) is 0 Å². The predicted molar refractivity (Wildman–Crippen MR) is 258 cm³/mol. The lowest BCUT2D eigenvalue weighted by molar-refractivity contribution is -0.364. The second-order valence-corrected chi connectivity index (χ2v) is 24.3. The average Bonchev–Trinajstić information content (AvgIpc) is 3.29. The van der Waals surface area contributed by atoms with Crippen LogP contribution in [0.5, 0.6) is 0 Å². The molecule has 0 amide bonds. The zero-order chi connectivity index (χ0) is 50.2. The summed E-state index contributed by atoms with van der Waals surface area (Å²) in [5, 5.41) is 0. The molecule has 21 aliphatic rings. The second-order valence-electron chi connectivity index (χ2n) is 24.3.